The van der Waals surface area contributed by atoms with Crippen LogP contribution in [0.25, 0.3) is 0 Å². The number of nitrogens with one attached hydrogen (secondary N) is 1. The van der Waals surface area contributed by atoms with Crippen molar-refractivity contribution >= 4 is 0 Å². The van der Waals surface area contributed by atoms with Gasteiger partial charge in [0.1, 0.15) is 0 Å². The normalized spacial score (nSPS) is 21.7. The van der Waals surface area contributed by atoms with Crippen LogP contribution in [0.1, 0.15) is 24.0 Å². The highest BCUT2D eigenvalue weighted by Crippen LogP contribution is 2.24. The van der Waals surface area contributed by atoms with Gasteiger partial charge in [0.25, 0.3) is 0 Å². The van der Waals surface area contributed by atoms with Crippen molar-refractivity contribution in [2.75, 3.05) is 19.6 Å². The third-order valence-electron chi connectivity index (χ3n) is 4.51. The summed E-state index contributed by atoms with van der Waals surface area (Å²) >= 11 is 0. The van der Waals surface area contributed by atoms with Gasteiger partial charge in [0.2, 0.25) is 0 Å². The summed E-state index contributed by atoms with van der Waals surface area (Å²) in [6.07, 6.45) is -0.378. The Hall–Kier alpha value is -1.07. The molecule has 1 aliphatic carbocycles. The number of piperidine rings is 1. The minimum atomic E-state index is -4.08. The zero-order chi connectivity index (χ0) is 14.9. The number of nitrogens with zero attached hydrogens (tertiary/aromatic N) is 1. The van der Waals surface area contributed by atoms with Crippen LogP contribution in [0.3, 0.4) is 0 Å². The van der Waals surface area contributed by atoms with Crippen molar-refractivity contribution in [3.63, 3.8) is 0 Å². The molecule has 0 radical (unpaired) electrons. The Labute approximate surface area is 123 Å². The largest absolute Gasteiger partial charge is 0.401 e. The highest BCUT2D eigenvalue weighted by molar-refractivity contribution is 5.33. The molecular formula is C16H21F3N2. The van der Waals surface area contributed by atoms with Crippen LogP contribution in [0.4, 0.5) is 13.2 Å². The van der Waals surface area contributed by atoms with Gasteiger partial charge in [-0.1, -0.05) is 24.3 Å². The van der Waals surface area contributed by atoms with E-state index in [0.717, 1.165) is 25.7 Å². The fraction of sp³-hybridized carbons (Fsp3) is 0.625. The Bertz CT molecular complexity index is 454. The molecule has 1 aliphatic heterocycles. The molecule has 0 amide bonds. The molecule has 5 heteroatoms. The number of rotatable bonds is 3. The summed E-state index contributed by atoms with van der Waals surface area (Å²) < 4.78 is 37.1. The topological polar surface area (TPSA) is 15.3 Å². The van der Waals surface area contributed by atoms with Crippen molar-refractivity contribution in [3.8, 4) is 0 Å². The predicted molar refractivity (Wildman–Crippen MR) is 76.3 cm³/mol. The van der Waals surface area contributed by atoms with Crippen LogP contribution >= 0.6 is 0 Å². The monoisotopic (exact) mass is 298 g/mol. The van der Waals surface area contributed by atoms with Crippen molar-refractivity contribution in [2.24, 2.45) is 0 Å². The molecule has 0 atom stereocenters. The number of fused-ring (bicyclic) bond motifs is 1. The number of alkyl halides is 3. The molecular weight excluding hydrogens is 277 g/mol. The van der Waals surface area contributed by atoms with E-state index in [2.05, 4.69) is 29.6 Å². The molecule has 0 aromatic heterocycles. The lowest BCUT2D eigenvalue weighted by atomic mass is 10.0. The van der Waals surface area contributed by atoms with Crippen LogP contribution in [-0.4, -0.2) is 42.8 Å². The summed E-state index contributed by atoms with van der Waals surface area (Å²) in [5.74, 6) is 0. The highest BCUT2D eigenvalue weighted by atomic mass is 19.4. The molecule has 0 unspecified atom stereocenters. The van der Waals surface area contributed by atoms with Crippen LogP contribution in [0.5, 0.6) is 0 Å². The fourth-order valence-electron chi connectivity index (χ4n) is 3.52. The fourth-order valence-corrected chi connectivity index (χ4v) is 3.52. The lowest BCUT2D eigenvalue weighted by Gasteiger charge is -2.34. The Kier molecular flexibility index (Phi) is 4.22. The molecule has 3 rings (SSSR count). The number of likely N-dealkylation sites (tertiary alicyclic amines) is 1. The molecule has 1 N–H and O–H groups in total. The van der Waals surface area contributed by atoms with Crippen LogP contribution in [0, 0.1) is 0 Å². The smallest absolute Gasteiger partial charge is 0.310 e. The second-order valence-electron chi connectivity index (χ2n) is 6.21. The first kappa shape index (κ1) is 14.9. The average Bonchev–Trinajstić information content (AvgIpc) is 2.81. The third kappa shape index (κ3) is 3.98. The quantitative estimate of drug-likeness (QED) is 0.923. The predicted octanol–water partition coefficient (Wildman–Crippen LogP) is 2.77. The van der Waals surface area contributed by atoms with Crippen LogP contribution in [-0.2, 0) is 12.8 Å². The lowest BCUT2D eigenvalue weighted by Crippen LogP contribution is -2.48. The molecule has 0 spiro atoms. The van der Waals surface area contributed by atoms with Crippen molar-refractivity contribution < 1.29 is 13.2 Å². The van der Waals surface area contributed by atoms with E-state index in [0.29, 0.717) is 25.2 Å². The molecule has 1 aromatic rings. The maximum absolute atomic E-state index is 12.4. The van der Waals surface area contributed by atoms with E-state index in [1.54, 1.807) is 0 Å². The summed E-state index contributed by atoms with van der Waals surface area (Å²) in [5, 5.41) is 3.64. The van der Waals surface area contributed by atoms with Crippen molar-refractivity contribution in [1.82, 2.24) is 10.2 Å². The van der Waals surface area contributed by atoms with E-state index in [4.69, 9.17) is 0 Å². The summed E-state index contributed by atoms with van der Waals surface area (Å²) in [4.78, 5) is 1.52. The molecule has 1 saturated heterocycles. The summed E-state index contributed by atoms with van der Waals surface area (Å²) in [6.45, 7) is 0.308. The van der Waals surface area contributed by atoms with Gasteiger partial charge >= 0.3 is 6.18 Å². The first-order valence-corrected chi connectivity index (χ1v) is 7.61. The minimum Gasteiger partial charge on any atom is -0.310 e. The Morgan fingerprint density at radius 1 is 1.00 bits per heavy atom. The molecule has 1 fully saturated rings. The van der Waals surface area contributed by atoms with E-state index in [1.165, 1.54) is 16.0 Å². The number of hydrogen-bond acceptors (Lipinski definition) is 2. The van der Waals surface area contributed by atoms with Crippen LogP contribution in [0.2, 0.25) is 0 Å². The van der Waals surface area contributed by atoms with E-state index in [-0.39, 0.29) is 0 Å². The molecule has 2 aliphatic rings. The lowest BCUT2D eigenvalue weighted by molar-refractivity contribution is -0.148. The molecule has 1 heterocycles. The number of halogens is 3. The molecule has 0 bridgehead atoms. The zero-order valence-electron chi connectivity index (χ0n) is 12.0. The average molecular weight is 298 g/mol. The Morgan fingerprint density at radius 2 is 1.57 bits per heavy atom. The van der Waals surface area contributed by atoms with Gasteiger partial charge in [-0.15, -0.1) is 0 Å². The van der Waals surface area contributed by atoms with Gasteiger partial charge in [-0.05, 0) is 49.9 Å². The van der Waals surface area contributed by atoms with Crippen molar-refractivity contribution in [1.29, 1.82) is 0 Å². The third-order valence-corrected chi connectivity index (χ3v) is 4.51. The second-order valence-corrected chi connectivity index (χ2v) is 6.21. The van der Waals surface area contributed by atoms with Gasteiger partial charge in [0.15, 0.2) is 0 Å². The van der Waals surface area contributed by atoms with Crippen LogP contribution in [0.15, 0.2) is 24.3 Å². The highest BCUT2D eigenvalue weighted by Gasteiger charge is 2.33. The van der Waals surface area contributed by atoms with Gasteiger partial charge < -0.3 is 5.32 Å². The van der Waals surface area contributed by atoms with E-state index < -0.39 is 12.7 Å². The maximum Gasteiger partial charge on any atom is 0.401 e. The zero-order valence-corrected chi connectivity index (χ0v) is 12.0. The van der Waals surface area contributed by atoms with Gasteiger partial charge in [-0.25, -0.2) is 0 Å². The Morgan fingerprint density at radius 3 is 2.10 bits per heavy atom. The van der Waals surface area contributed by atoms with E-state index >= 15 is 0 Å². The summed E-state index contributed by atoms with van der Waals surface area (Å²) in [7, 11) is 0. The van der Waals surface area contributed by atoms with Gasteiger partial charge in [0, 0.05) is 12.1 Å². The minimum absolute atomic E-state index is 0.355. The van der Waals surface area contributed by atoms with Crippen molar-refractivity contribution in [3.05, 3.63) is 35.4 Å². The van der Waals surface area contributed by atoms with Crippen molar-refractivity contribution in [2.45, 2.75) is 43.9 Å². The molecule has 116 valence electrons. The standard InChI is InChI=1S/C16H21F3N2/c17-16(18,19)11-21-7-5-14(6-8-21)20-15-9-12-3-1-2-4-13(12)10-15/h1-4,14-15,20H,5-11H2. The molecule has 0 saturated carbocycles. The van der Waals surface area contributed by atoms with Crippen LogP contribution < -0.4 is 5.32 Å². The van der Waals surface area contributed by atoms with Gasteiger partial charge in [0.05, 0.1) is 6.54 Å². The van der Waals surface area contributed by atoms with E-state index in [1.807, 2.05) is 0 Å². The SMILES string of the molecule is FC(F)(F)CN1CCC(NC2Cc3ccccc3C2)CC1. The Balaban J connectivity index is 1.45. The molecule has 2 nitrogen and oxygen atoms in total. The number of hydrogen-bond donors (Lipinski definition) is 1. The maximum atomic E-state index is 12.4. The first-order valence-electron chi connectivity index (χ1n) is 7.61. The van der Waals surface area contributed by atoms with Gasteiger partial charge in [-0.3, -0.25) is 4.90 Å². The molecule has 1 aromatic carbocycles. The first-order chi connectivity index (χ1) is 9.99. The summed E-state index contributed by atoms with van der Waals surface area (Å²) in [6, 6.07) is 9.27. The summed E-state index contributed by atoms with van der Waals surface area (Å²) in [5.41, 5.74) is 2.81. The second kappa shape index (κ2) is 5.97. The van der Waals surface area contributed by atoms with E-state index in [9.17, 15) is 13.2 Å². The number of benzene rings is 1. The molecule has 21 heavy (non-hydrogen) atoms. The van der Waals surface area contributed by atoms with Gasteiger partial charge in [-0.2, -0.15) is 13.2 Å².